The van der Waals surface area contributed by atoms with Gasteiger partial charge in [0, 0.05) is 18.0 Å². The van der Waals surface area contributed by atoms with Crippen LogP contribution in [0.3, 0.4) is 0 Å². The normalized spacial score (nSPS) is 19.8. The maximum absolute atomic E-state index is 11.9. The Kier molecular flexibility index (Phi) is 5.76. The first kappa shape index (κ1) is 19.4. The largest absolute Gasteiger partial charge is 0.496 e. The molecule has 4 rings (SSSR count). The maximum Gasteiger partial charge on any atom is 0.137 e. The molecule has 1 aliphatic heterocycles. The molecule has 29 heavy (non-hydrogen) atoms. The number of ether oxygens (including phenoxy) is 2. The van der Waals surface area contributed by atoms with Crippen LogP contribution in [-0.2, 0) is 11.3 Å². The average Bonchev–Trinajstić information content (AvgIpc) is 2.78. The molecular weight excluding hydrogens is 364 g/mol. The van der Waals surface area contributed by atoms with E-state index in [0.717, 1.165) is 59.2 Å². The second-order valence-corrected chi connectivity index (χ2v) is 7.39. The molecule has 0 N–H and O–H groups in total. The molecule has 0 saturated carbocycles. The molecule has 2 heterocycles. The number of aromatic nitrogens is 1. The lowest BCUT2D eigenvalue weighted by molar-refractivity contribution is -0.115. The van der Waals surface area contributed by atoms with Gasteiger partial charge in [0.1, 0.15) is 17.8 Å². The number of hydrogen-bond donors (Lipinski definition) is 0. The molecule has 1 aliphatic rings. The predicted molar refractivity (Wildman–Crippen MR) is 113 cm³/mol. The van der Waals surface area contributed by atoms with Crippen LogP contribution in [0.15, 0.2) is 54.6 Å². The molecule has 0 radical (unpaired) electrons. The fourth-order valence-corrected chi connectivity index (χ4v) is 4.36. The molecule has 1 fully saturated rings. The summed E-state index contributed by atoms with van der Waals surface area (Å²) in [5, 5.41) is 1.12. The summed E-state index contributed by atoms with van der Waals surface area (Å²) in [6.07, 6.45) is 3.84. The smallest absolute Gasteiger partial charge is 0.137 e. The first-order valence-electron chi connectivity index (χ1n) is 10.0. The van der Waals surface area contributed by atoms with Gasteiger partial charge < -0.3 is 14.3 Å². The van der Waals surface area contributed by atoms with Gasteiger partial charge in [-0.15, -0.1) is 0 Å². The maximum atomic E-state index is 11.9. The van der Waals surface area contributed by atoms with Crippen LogP contribution in [0.1, 0.15) is 36.6 Å². The van der Waals surface area contributed by atoms with Crippen molar-refractivity contribution in [2.24, 2.45) is 0 Å². The zero-order valence-electron chi connectivity index (χ0n) is 16.9. The molecule has 1 saturated heterocycles. The van der Waals surface area contributed by atoms with Gasteiger partial charge in [-0.05, 0) is 43.5 Å². The van der Waals surface area contributed by atoms with Gasteiger partial charge in [0.2, 0.25) is 0 Å². The van der Waals surface area contributed by atoms with Gasteiger partial charge in [0.25, 0.3) is 0 Å². The number of fused-ring (bicyclic) bond motifs is 1. The molecule has 2 unspecified atom stereocenters. The van der Waals surface area contributed by atoms with E-state index in [9.17, 15) is 4.79 Å². The van der Waals surface area contributed by atoms with Crippen LogP contribution in [0, 0.1) is 0 Å². The molecule has 0 bridgehead atoms. The minimum absolute atomic E-state index is 0.0262. The number of benzene rings is 2. The van der Waals surface area contributed by atoms with Crippen LogP contribution >= 0.6 is 0 Å². The number of carbonyl (C=O) groups is 1. The second-order valence-electron chi connectivity index (χ2n) is 7.39. The van der Waals surface area contributed by atoms with Crippen LogP contribution in [0.2, 0.25) is 0 Å². The zero-order valence-corrected chi connectivity index (χ0v) is 16.9. The van der Waals surface area contributed by atoms with E-state index in [-0.39, 0.29) is 12.1 Å². The van der Waals surface area contributed by atoms with Gasteiger partial charge in [-0.3, -0.25) is 9.88 Å². The van der Waals surface area contributed by atoms with E-state index in [4.69, 9.17) is 14.5 Å². The van der Waals surface area contributed by atoms with Crippen LogP contribution in [0.4, 0.5) is 0 Å². The van der Waals surface area contributed by atoms with Crippen molar-refractivity contribution in [3.63, 3.8) is 0 Å². The van der Waals surface area contributed by atoms with E-state index >= 15 is 0 Å². The number of hydrogen-bond acceptors (Lipinski definition) is 5. The molecule has 5 nitrogen and oxygen atoms in total. The molecule has 1 aromatic heterocycles. The molecule has 0 amide bonds. The highest BCUT2D eigenvalue weighted by atomic mass is 16.5. The number of carbonyl (C=O) groups excluding carboxylic acids is 1. The van der Waals surface area contributed by atoms with E-state index in [0.29, 0.717) is 6.54 Å². The van der Waals surface area contributed by atoms with Gasteiger partial charge in [-0.2, -0.15) is 0 Å². The van der Waals surface area contributed by atoms with Crippen LogP contribution in [0.5, 0.6) is 11.5 Å². The Bertz CT molecular complexity index is 982. The highest BCUT2D eigenvalue weighted by Gasteiger charge is 2.35. The Morgan fingerprint density at radius 1 is 1.00 bits per heavy atom. The zero-order chi connectivity index (χ0) is 20.2. The third-order valence-electron chi connectivity index (χ3n) is 5.76. The van der Waals surface area contributed by atoms with E-state index in [1.165, 1.54) is 0 Å². The lowest BCUT2D eigenvalue weighted by atomic mass is 9.89. The molecule has 0 aliphatic carbocycles. The van der Waals surface area contributed by atoms with Crippen LogP contribution in [-0.4, -0.2) is 36.4 Å². The van der Waals surface area contributed by atoms with E-state index in [1.54, 1.807) is 14.2 Å². The molecule has 5 heteroatoms. The Labute approximate surface area is 171 Å². The molecule has 150 valence electrons. The summed E-state index contributed by atoms with van der Waals surface area (Å²) < 4.78 is 11.3. The average molecular weight is 390 g/mol. The van der Waals surface area contributed by atoms with E-state index in [2.05, 4.69) is 23.1 Å². The first-order chi connectivity index (χ1) is 14.2. The van der Waals surface area contributed by atoms with Gasteiger partial charge in [0.05, 0.1) is 37.0 Å². The minimum Gasteiger partial charge on any atom is -0.496 e. The second kappa shape index (κ2) is 8.62. The Hall–Kier alpha value is -2.92. The fraction of sp³-hybridized carbons (Fsp3) is 0.333. The molecule has 3 aromatic rings. The van der Waals surface area contributed by atoms with Crippen molar-refractivity contribution >= 4 is 17.2 Å². The van der Waals surface area contributed by atoms with Gasteiger partial charge in [0.15, 0.2) is 0 Å². The van der Waals surface area contributed by atoms with Crippen molar-refractivity contribution in [1.82, 2.24) is 9.88 Å². The predicted octanol–water partition coefficient (Wildman–Crippen LogP) is 4.55. The summed E-state index contributed by atoms with van der Waals surface area (Å²) in [6.45, 7) is 0.597. The van der Waals surface area contributed by atoms with Crippen LogP contribution in [0.25, 0.3) is 10.9 Å². The quantitative estimate of drug-likeness (QED) is 0.578. The fourth-order valence-electron chi connectivity index (χ4n) is 4.36. The van der Waals surface area contributed by atoms with Crippen molar-refractivity contribution in [3.8, 4) is 11.5 Å². The molecular formula is C24H26N2O3. The number of rotatable bonds is 6. The highest BCUT2D eigenvalue weighted by molar-refractivity contribution is 5.78. The third kappa shape index (κ3) is 3.83. The van der Waals surface area contributed by atoms with Gasteiger partial charge in [-0.1, -0.05) is 30.3 Å². The monoisotopic (exact) mass is 390 g/mol. The number of pyridine rings is 1. The van der Waals surface area contributed by atoms with Gasteiger partial charge >= 0.3 is 0 Å². The lowest BCUT2D eigenvalue weighted by Crippen LogP contribution is -2.42. The van der Waals surface area contributed by atoms with Crippen molar-refractivity contribution < 1.29 is 14.3 Å². The standard InChI is InChI=1S/C24H26N2O3/c1-28-22-11-6-12-23(29-2)24(22)21-10-5-8-19(16-27)26(21)15-18-14-13-17-7-3-4-9-20(17)25-18/h3-4,6-7,9,11-14,16,19,21H,5,8,10,15H2,1-2H3. The van der Waals surface area contributed by atoms with Crippen LogP contribution < -0.4 is 9.47 Å². The lowest BCUT2D eigenvalue weighted by Gasteiger charge is -2.40. The first-order valence-corrected chi connectivity index (χ1v) is 10.0. The number of piperidine rings is 1. The Morgan fingerprint density at radius 2 is 1.76 bits per heavy atom. The van der Waals surface area contributed by atoms with Crippen molar-refractivity contribution in [2.75, 3.05) is 14.2 Å². The number of nitrogens with zero attached hydrogens (tertiary/aromatic N) is 2. The van der Waals surface area contributed by atoms with Crippen molar-refractivity contribution in [2.45, 2.75) is 37.9 Å². The highest BCUT2D eigenvalue weighted by Crippen LogP contribution is 2.43. The molecule has 2 aromatic carbocycles. The summed E-state index contributed by atoms with van der Waals surface area (Å²) >= 11 is 0. The third-order valence-corrected chi connectivity index (χ3v) is 5.76. The van der Waals surface area contributed by atoms with Crippen molar-refractivity contribution in [3.05, 3.63) is 65.9 Å². The SMILES string of the molecule is COc1cccc(OC)c1C1CCCC(C=O)N1Cc1ccc2ccccc2n1. The Morgan fingerprint density at radius 3 is 2.48 bits per heavy atom. The number of para-hydroxylation sites is 1. The summed E-state index contributed by atoms with van der Waals surface area (Å²) in [5.41, 5.74) is 2.93. The summed E-state index contributed by atoms with van der Waals surface area (Å²) in [6, 6.07) is 17.9. The van der Waals surface area contributed by atoms with E-state index < -0.39 is 0 Å². The number of likely N-dealkylation sites (tertiary alicyclic amines) is 1. The number of aldehydes is 1. The van der Waals surface area contributed by atoms with Crippen molar-refractivity contribution in [1.29, 1.82) is 0 Å². The summed E-state index contributed by atoms with van der Waals surface area (Å²) in [4.78, 5) is 19.0. The minimum atomic E-state index is -0.156. The van der Waals surface area contributed by atoms with E-state index in [1.807, 2.05) is 36.4 Å². The Balaban J connectivity index is 1.74. The molecule has 2 atom stereocenters. The summed E-state index contributed by atoms with van der Waals surface area (Å²) in [7, 11) is 3.35. The van der Waals surface area contributed by atoms with Gasteiger partial charge in [-0.25, -0.2) is 0 Å². The number of methoxy groups -OCH3 is 2. The summed E-state index contributed by atoms with van der Waals surface area (Å²) in [5.74, 6) is 1.58. The topological polar surface area (TPSA) is 51.7 Å². The molecule has 0 spiro atoms.